The highest BCUT2D eigenvalue weighted by Gasteiger charge is 2.31. The van der Waals surface area contributed by atoms with Crippen molar-refractivity contribution in [3.05, 3.63) is 33.8 Å². The van der Waals surface area contributed by atoms with Crippen LogP contribution in [0.2, 0.25) is 0 Å². The van der Waals surface area contributed by atoms with E-state index in [0.717, 1.165) is 12.1 Å². The van der Waals surface area contributed by atoms with Crippen molar-refractivity contribution in [1.82, 2.24) is 0 Å². The van der Waals surface area contributed by atoms with E-state index in [9.17, 15) is 18.3 Å². The number of aliphatic hydroxyl groups is 1. The van der Waals surface area contributed by atoms with Crippen molar-refractivity contribution in [2.75, 3.05) is 13.2 Å². The van der Waals surface area contributed by atoms with Crippen LogP contribution in [0.5, 0.6) is 0 Å². The fourth-order valence-electron chi connectivity index (χ4n) is 1.29. The van der Waals surface area contributed by atoms with Crippen molar-refractivity contribution in [2.45, 2.75) is 19.2 Å². The van der Waals surface area contributed by atoms with E-state index >= 15 is 0 Å². The first-order chi connectivity index (χ1) is 7.86. The Hall–Kier alpha value is -0.590. The minimum absolute atomic E-state index is 0.0313. The number of hydrogen-bond donors (Lipinski definition) is 1. The molecule has 0 aliphatic heterocycles. The maximum atomic E-state index is 12.5. The van der Waals surface area contributed by atoms with Gasteiger partial charge in [-0.05, 0) is 30.7 Å². The SMILES string of the molecule is CCOCC(O)c1cc(C(F)(F)F)ccc1Br. The van der Waals surface area contributed by atoms with Crippen molar-refractivity contribution in [3.8, 4) is 0 Å². The van der Waals surface area contributed by atoms with Crippen LogP contribution in [0.4, 0.5) is 13.2 Å². The van der Waals surface area contributed by atoms with Crippen molar-refractivity contribution >= 4 is 15.9 Å². The maximum Gasteiger partial charge on any atom is 0.416 e. The standard InChI is InChI=1S/C11H12BrF3O2/c1-2-17-6-10(16)8-5-7(11(13,14)15)3-4-9(8)12/h3-5,10,16H,2,6H2,1H3. The summed E-state index contributed by atoms with van der Waals surface area (Å²) in [6, 6.07) is 3.15. The predicted molar refractivity (Wildman–Crippen MR) is 60.6 cm³/mol. The van der Waals surface area contributed by atoms with Crippen LogP contribution >= 0.6 is 15.9 Å². The first kappa shape index (κ1) is 14.5. The van der Waals surface area contributed by atoms with Gasteiger partial charge in [-0.3, -0.25) is 0 Å². The highest BCUT2D eigenvalue weighted by Crippen LogP contribution is 2.33. The van der Waals surface area contributed by atoms with Crippen LogP contribution in [-0.4, -0.2) is 18.3 Å². The fraction of sp³-hybridized carbons (Fsp3) is 0.455. The van der Waals surface area contributed by atoms with Gasteiger partial charge in [0.05, 0.1) is 12.2 Å². The van der Waals surface area contributed by atoms with Gasteiger partial charge in [-0.15, -0.1) is 0 Å². The molecule has 1 atom stereocenters. The van der Waals surface area contributed by atoms with E-state index in [0.29, 0.717) is 11.1 Å². The average molecular weight is 313 g/mol. The van der Waals surface area contributed by atoms with Crippen LogP contribution in [0.3, 0.4) is 0 Å². The molecule has 0 aromatic heterocycles. The number of aliphatic hydroxyl groups excluding tert-OH is 1. The van der Waals surface area contributed by atoms with Crippen LogP contribution in [0.1, 0.15) is 24.2 Å². The van der Waals surface area contributed by atoms with Gasteiger partial charge in [-0.2, -0.15) is 13.2 Å². The second-order valence-corrected chi connectivity index (χ2v) is 4.26. The Balaban J connectivity index is 2.98. The van der Waals surface area contributed by atoms with Crippen LogP contribution in [0, 0.1) is 0 Å². The molecule has 0 radical (unpaired) electrons. The second-order valence-electron chi connectivity index (χ2n) is 3.41. The topological polar surface area (TPSA) is 29.5 Å². The van der Waals surface area contributed by atoms with Gasteiger partial charge in [-0.1, -0.05) is 15.9 Å². The molecule has 0 heterocycles. The molecule has 1 unspecified atom stereocenters. The van der Waals surface area contributed by atoms with Crippen molar-refractivity contribution in [2.24, 2.45) is 0 Å². The summed E-state index contributed by atoms with van der Waals surface area (Å²) in [6.07, 6.45) is -5.49. The number of rotatable bonds is 4. The smallest absolute Gasteiger partial charge is 0.386 e. The number of alkyl halides is 3. The Kier molecular flexibility index (Phi) is 4.97. The molecule has 0 saturated carbocycles. The summed E-state index contributed by atoms with van der Waals surface area (Å²) in [4.78, 5) is 0. The predicted octanol–water partition coefficient (Wildman–Crippen LogP) is 3.54. The largest absolute Gasteiger partial charge is 0.416 e. The molecule has 1 rings (SSSR count). The van der Waals surface area contributed by atoms with Crippen LogP contribution in [-0.2, 0) is 10.9 Å². The summed E-state index contributed by atoms with van der Waals surface area (Å²) in [5.41, 5.74) is -0.612. The van der Waals surface area contributed by atoms with E-state index in [-0.39, 0.29) is 12.2 Å². The maximum absolute atomic E-state index is 12.5. The molecule has 0 spiro atoms. The van der Waals surface area contributed by atoms with E-state index in [1.165, 1.54) is 6.07 Å². The van der Waals surface area contributed by atoms with Gasteiger partial charge in [0.25, 0.3) is 0 Å². The molecule has 0 saturated heterocycles. The lowest BCUT2D eigenvalue weighted by atomic mass is 10.1. The molecule has 0 amide bonds. The Labute approximate surface area is 106 Å². The summed E-state index contributed by atoms with van der Waals surface area (Å²) in [5.74, 6) is 0. The molecule has 2 nitrogen and oxygen atoms in total. The first-order valence-corrected chi connectivity index (χ1v) is 5.78. The zero-order chi connectivity index (χ0) is 13.1. The third-order valence-corrected chi connectivity index (χ3v) is 2.88. The lowest BCUT2D eigenvalue weighted by molar-refractivity contribution is -0.137. The number of benzene rings is 1. The third kappa shape index (κ3) is 3.97. The minimum atomic E-state index is -4.42. The molecule has 96 valence electrons. The molecule has 0 bridgehead atoms. The van der Waals surface area contributed by atoms with E-state index in [4.69, 9.17) is 4.74 Å². The summed E-state index contributed by atoms with van der Waals surface area (Å²) in [6.45, 7) is 2.11. The lowest BCUT2D eigenvalue weighted by Crippen LogP contribution is -2.11. The van der Waals surface area contributed by atoms with Crippen molar-refractivity contribution in [3.63, 3.8) is 0 Å². The van der Waals surface area contributed by atoms with Gasteiger partial charge in [0.1, 0.15) is 6.10 Å². The lowest BCUT2D eigenvalue weighted by Gasteiger charge is -2.15. The van der Waals surface area contributed by atoms with Gasteiger partial charge in [0.15, 0.2) is 0 Å². The summed E-state index contributed by atoms with van der Waals surface area (Å²) < 4.78 is 42.9. The molecule has 6 heteroatoms. The summed E-state index contributed by atoms with van der Waals surface area (Å²) >= 11 is 3.11. The number of hydrogen-bond acceptors (Lipinski definition) is 2. The molecule has 0 aliphatic rings. The normalized spacial score (nSPS) is 13.8. The third-order valence-electron chi connectivity index (χ3n) is 2.16. The minimum Gasteiger partial charge on any atom is -0.386 e. The molecule has 0 aliphatic carbocycles. The highest BCUT2D eigenvalue weighted by molar-refractivity contribution is 9.10. The molecular weight excluding hydrogens is 301 g/mol. The highest BCUT2D eigenvalue weighted by atomic mass is 79.9. The van der Waals surface area contributed by atoms with E-state index < -0.39 is 17.8 Å². The quantitative estimate of drug-likeness (QED) is 0.921. The molecule has 17 heavy (non-hydrogen) atoms. The van der Waals surface area contributed by atoms with Gasteiger partial charge in [0, 0.05) is 11.1 Å². The van der Waals surface area contributed by atoms with E-state index in [1.807, 2.05) is 0 Å². The Morgan fingerprint density at radius 2 is 2.06 bits per heavy atom. The summed E-state index contributed by atoms with van der Waals surface area (Å²) in [7, 11) is 0. The van der Waals surface area contributed by atoms with E-state index in [1.54, 1.807) is 6.92 Å². The van der Waals surface area contributed by atoms with Crippen LogP contribution in [0.25, 0.3) is 0 Å². The molecule has 1 aromatic carbocycles. The molecule has 1 N–H and O–H groups in total. The zero-order valence-electron chi connectivity index (χ0n) is 9.09. The fourth-order valence-corrected chi connectivity index (χ4v) is 1.81. The molecule has 1 aromatic rings. The molecule has 0 fully saturated rings. The van der Waals surface area contributed by atoms with Crippen LogP contribution in [0.15, 0.2) is 22.7 Å². The van der Waals surface area contributed by atoms with Gasteiger partial charge < -0.3 is 9.84 Å². The van der Waals surface area contributed by atoms with E-state index in [2.05, 4.69) is 15.9 Å². The Morgan fingerprint density at radius 3 is 2.59 bits per heavy atom. The second kappa shape index (κ2) is 5.84. The van der Waals surface area contributed by atoms with Gasteiger partial charge >= 0.3 is 6.18 Å². The Morgan fingerprint density at radius 1 is 1.41 bits per heavy atom. The van der Waals surface area contributed by atoms with Crippen molar-refractivity contribution in [1.29, 1.82) is 0 Å². The molecular formula is C11H12BrF3O2. The van der Waals surface area contributed by atoms with Gasteiger partial charge in [0.2, 0.25) is 0 Å². The Bertz CT molecular complexity index is 379. The number of ether oxygens (including phenoxy) is 1. The monoisotopic (exact) mass is 312 g/mol. The first-order valence-electron chi connectivity index (χ1n) is 4.98. The van der Waals surface area contributed by atoms with Crippen molar-refractivity contribution < 1.29 is 23.0 Å². The summed E-state index contributed by atoms with van der Waals surface area (Å²) in [5, 5.41) is 9.70. The zero-order valence-corrected chi connectivity index (χ0v) is 10.7. The number of halogens is 4. The van der Waals surface area contributed by atoms with Crippen LogP contribution < -0.4 is 0 Å². The van der Waals surface area contributed by atoms with Gasteiger partial charge in [-0.25, -0.2) is 0 Å². The average Bonchev–Trinajstić information content (AvgIpc) is 2.24.